The molecule has 0 aromatic carbocycles. The molecule has 1 N–H and O–H groups in total. The summed E-state index contributed by atoms with van der Waals surface area (Å²) in [6.45, 7) is 8.43. The molecule has 0 saturated heterocycles. The predicted octanol–water partition coefficient (Wildman–Crippen LogP) is 2.91. The normalized spacial score (nSPS) is 11.2. The molecular weight excluding hydrogens is 256 g/mol. The van der Waals surface area contributed by atoms with Crippen LogP contribution in [0.2, 0.25) is 0 Å². The Morgan fingerprint density at radius 3 is 2.84 bits per heavy atom. The summed E-state index contributed by atoms with van der Waals surface area (Å²) in [4.78, 5) is 14.3. The fraction of sp³-hybridized carbons (Fsp3) is 0.500. The predicted molar refractivity (Wildman–Crippen MR) is 79.1 cm³/mol. The van der Waals surface area contributed by atoms with Gasteiger partial charge in [-0.2, -0.15) is 0 Å². The zero-order chi connectivity index (χ0) is 13.7. The molecule has 0 fully saturated rings. The number of thiazole rings is 1. The molecular formula is C14H20N4S. The number of hydrogen-bond donors (Lipinski definition) is 1. The van der Waals surface area contributed by atoms with Crippen LogP contribution in [0.1, 0.15) is 31.3 Å². The van der Waals surface area contributed by atoms with Gasteiger partial charge in [0, 0.05) is 17.6 Å². The van der Waals surface area contributed by atoms with Gasteiger partial charge in [0.25, 0.3) is 0 Å². The molecule has 0 aliphatic rings. The number of nitrogens with one attached hydrogen (secondary N) is 1. The van der Waals surface area contributed by atoms with Crippen molar-refractivity contribution in [3.05, 3.63) is 29.2 Å². The molecule has 2 rings (SSSR count). The minimum Gasteiger partial charge on any atom is -0.312 e. The molecule has 0 radical (unpaired) electrons. The molecule has 5 heteroatoms. The Hall–Kier alpha value is -1.33. The molecule has 0 unspecified atom stereocenters. The summed E-state index contributed by atoms with van der Waals surface area (Å²) in [5, 5.41) is 4.37. The van der Waals surface area contributed by atoms with Crippen LogP contribution >= 0.6 is 11.3 Å². The largest absolute Gasteiger partial charge is 0.312 e. The lowest BCUT2D eigenvalue weighted by molar-refractivity contribution is 0.627. The molecule has 0 aliphatic carbocycles. The van der Waals surface area contributed by atoms with Gasteiger partial charge in [-0.1, -0.05) is 20.8 Å². The van der Waals surface area contributed by atoms with E-state index < -0.39 is 0 Å². The summed E-state index contributed by atoms with van der Waals surface area (Å²) in [7, 11) is 0. The highest BCUT2D eigenvalue weighted by molar-refractivity contribution is 7.15. The fourth-order valence-corrected chi connectivity index (χ4v) is 2.87. The van der Waals surface area contributed by atoms with Gasteiger partial charge in [-0.15, -0.1) is 11.3 Å². The molecule has 2 aromatic rings. The highest BCUT2D eigenvalue weighted by Gasteiger charge is 2.14. The number of rotatable bonds is 6. The van der Waals surface area contributed by atoms with Gasteiger partial charge in [0.2, 0.25) is 0 Å². The Balaban J connectivity index is 2.28. The van der Waals surface area contributed by atoms with Crippen molar-refractivity contribution in [2.24, 2.45) is 5.92 Å². The van der Waals surface area contributed by atoms with Crippen molar-refractivity contribution in [1.82, 2.24) is 20.3 Å². The lowest BCUT2D eigenvalue weighted by atomic mass is 10.1. The van der Waals surface area contributed by atoms with Gasteiger partial charge in [0.05, 0.1) is 5.69 Å². The first-order chi connectivity index (χ1) is 9.20. The maximum Gasteiger partial charge on any atom is 0.142 e. The summed E-state index contributed by atoms with van der Waals surface area (Å²) in [6, 6.07) is 1.91. The van der Waals surface area contributed by atoms with Crippen molar-refractivity contribution in [2.75, 3.05) is 6.54 Å². The molecule has 2 aromatic heterocycles. The van der Waals surface area contributed by atoms with Gasteiger partial charge in [-0.3, -0.25) is 0 Å². The van der Waals surface area contributed by atoms with E-state index in [9.17, 15) is 0 Å². The van der Waals surface area contributed by atoms with Crippen LogP contribution in [0.15, 0.2) is 18.6 Å². The molecule has 0 bridgehead atoms. The van der Waals surface area contributed by atoms with Crippen molar-refractivity contribution in [3.8, 4) is 10.7 Å². The van der Waals surface area contributed by atoms with Gasteiger partial charge >= 0.3 is 0 Å². The Kier molecular flexibility index (Phi) is 4.99. The number of nitrogens with zero attached hydrogens (tertiary/aromatic N) is 3. The molecule has 0 atom stereocenters. The van der Waals surface area contributed by atoms with Crippen LogP contribution in [0, 0.1) is 5.92 Å². The molecule has 0 amide bonds. The van der Waals surface area contributed by atoms with E-state index in [4.69, 9.17) is 4.98 Å². The van der Waals surface area contributed by atoms with Gasteiger partial charge in [-0.05, 0) is 24.9 Å². The first-order valence-corrected chi connectivity index (χ1v) is 7.48. The average molecular weight is 276 g/mol. The van der Waals surface area contributed by atoms with Crippen LogP contribution in [0.25, 0.3) is 10.7 Å². The standard InChI is InChI=1S/C14H20N4S/c1-4-15-8-13-12(7-10(2)3)18-14(19-13)11-5-6-16-9-17-11/h5-6,9-10,15H,4,7-8H2,1-3H3. The van der Waals surface area contributed by atoms with Crippen LogP contribution in [0.5, 0.6) is 0 Å². The van der Waals surface area contributed by atoms with Crippen LogP contribution in [0.3, 0.4) is 0 Å². The first-order valence-electron chi connectivity index (χ1n) is 6.66. The van der Waals surface area contributed by atoms with Gasteiger partial charge < -0.3 is 5.32 Å². The summed E-state index contributed by atoms with van der Waals surface area (Å²) in [5.41, 5.74) is 2.11. The monoisotopic (exact) mass is 276 g/mol. The van der Waals surface area contributed by atoms with E-state index in [0.29, 0.717) is 5.92 Å². The second-order valence-corrected chi connectivity index (χ2v) is 5.95. The second kappa shape index (κ2) is 6.73. The van der Waals surface area contributed by atoms with Crippen molar-refractivity contribution < 1.29 is 0 Å². The lowest BCUT2D eigenvalue weighted by Gasteiger charge is -2.04. The van der Waals surface area contributed by atoms with Crippen molar-refractivity contribution >= 4 is 11.3 Å². The van der Waals surface area contributed by atoms with Crippen molar-refractivity contribution in [2.45, 2.75) is 33.7 Å². The Morgan fingerprint density at radius 1 is 1.37 bits per heavy atom. The van der Waals surface area contributed by atoms with E-state index in [-0.39, 0.29) is 0 Å². The summed E-state index contributed by atoms with van der Waals surface area (Å²) in [5.74, 6) is 0.612. The van der Waals surface area contributed by atoms with Crippen LogP contribution in [0.4, 0.5) is 0 Å². The third kappa shape index (κ3) is 3.81. The van der Waals surface area contributed by atoms with Crippen molar-refractivity contribution in [1.29, 1.82) is 0 Å². The lowest BCUT2D eigenvalue weighted by Crippen LogP contribution is -2.12. The minimum atomic E-state index is 0.612. The Labute approximate surface area is 118 Å². The molecule has 2 heterocycles. The number of hydrogen-bond acceptors (Lipinski definition) is 5. The van der Waals surface area contributed by atoms with Gasteiger partial charge in [0.1, 0.15) is 17.0 Å². The van der Waals surface area contributed by atoms with Gasteiger partial charge in [0.15, 0.2) is 0 Å². The summed E-state index contributed by atoms with van der Waals surface area (Å²) in [6.07, 6.45) is 4.35. The van der Waals surface area contributed by atoms with E-state index in [0.717, 1.165) is 30.2 Å². The molecule has 4 nitrogen and oxygen atoms in total. The molecule has 102 valence electrons. The van der Waals surface area contributed by atoms with Gasteiger partial charge in [-0.25, -0.2) is 15.0 Å². The molecule has 19 heavy (non-hydrogen) atoms. The minimum absolute atomic E-state index is 0.612. The van der Waals surface area contributed by atoms with E-state index in [1.807, 2.05) is 6.07 Å². The van der Waals surface area contributed by atoms with Crippen LogP contribution in [-0.2, 0) is 13.0 Å². The maximum atomic E-state index is 4.76. The smallest absolute Gasteiger partial charge is 0.142 e. The maximum absolute atomic E-state index is 4.76. The quantitative estimate of drug-likeness (QED) is 0.881. The van der Waals surface area contributed by atoms with Crippen LogP contribution in [-0.4, -0.2) is 21.5 Å². The third-order valence-corrected chi connectivity index (χ3v) is 3.84. The summed E-state index contributed by atoms with van der Waals surface area (Å²) < 4.78 is 0. The topological polar surface area (TPSA) is 50.7 Å². The van der Waals surface area contributed by atoms with E-state index >= 15 is 0 Å². The molecule has 0 saturated carbocycles. The fourth-order valence-electron chi connectivity index (χ4n) is 1.83. The number of aromatic nitrogens is 3. The van der Waals surface area contributed by atoms with E-state index in [1.54, 1.807) is 23.9 Å². The van der Waals surface area contributed by atoms with E-state index in [2.05, 4.69) is 36.1 Å². The highest BCUT2D eigenvalue weighted by Crippen LogP contribution is 2.28. The highest BCUT2D eigenvalue weighted by atomic mass is 32.1. The zero-order valence-electron chi connectivity index (χ0n) is 11.7. The molecule has 0 spiro atoms. The zero-order valence-corrected chi connectivity index (χ0v) is 12.5. The Bertz CT molecular complexity index is 507. The average Bonchev–Trinajstić information content (AvgIpc) is 2.80. The van der Waals surface area contributed by atoms with Crippen LogP contribution < -0.4 is 5.32 Å². The summed E-state index contributed by atoms with van der Waals surface area (Å²) >= 11 is 1.73. The second-order valence-electron chi connectivity index (χ2n) is 4.86. The SMILES string of the molecule is CCNCc1sc(-c2ccncn2)nc1CC(C)C. The Morgan fingerprint density at radius 2 is 2.21 bits per heavy atom. The first kappa shape index (κ1) is 14.1. The van der Waals surface area contributed by atoms with Crippen molar-refractivity contribution in [3.63, 3.8) is 0 Å². The van der Waals surface area contributed by atoms with E-state index in [1.165, 1.54) is 10.6 Å². The third-order valence-electron chi connectivity index (χ3n) is 2.72. The molecule has 0 aliphatic heterocycles.